The first-order valence-electron chi connectivity index (χ1n) is 8.06. The molecule has 5 nitrogen and oxygen atoms in total. The molecule has 1 aliphatic rings. The van der Waals surface area contributed by atoms with Gasteiger partial charge in [-0.15, -0.1) is 0 Å². The zero-order valence-corrected chi connectivity index (χ0v) is 14.5. The van der Waals surface area contributed by atoms with E-state index in [-0.39, 0.29) is 11.9 Å². The summed E-state index contributed by atoms with van der Waals surface area (Å²) in [6.45, 7) is 4.50. The Balaban J connectivity index is 1.51. The Labute approximate surface area is 144 Å². The Morgan fingerprint density at radius 1 is 1.42 bits per heavy atom. The molecule has 3 heterocycles. The molecule has 1 N–H and O–H groups in total. The van der Waals surface area contributed by atoms with Crippen LogP contribution in [0.25, 0.3) is 5.57 Å². The topological polar surface area (TPSA) is 68.3 Å². The van der Waals surface area contributed by atoms with Crippen molar-refractivity contribution in [2.75, 3.05) is 19.6 Å². The van der Waals surface area contributed by atoms with Crippen LogP contribution in [0.15, 0.2) is 48.0 Å². The van der Waals surface area contributed by atoms with E-state index in [9.17, 15) is 9.35 Å². The number of thiophene rings is 1. The van der Waals surface area contributed by atoms with Gasteiger partial charge in [0.1, 0.15) is 11.1 Å². The highest BCUT2D eigenvalue weighted by atomic mass is 32.2. The van der Waals surface area contributed by atoms with Crippen molar-refractivity contribution in [2.24, 2.45) is 0 Å². The number of pyridine rings is 1. The smallest absolute Gasteiger partial charge is 0.270 e. The number of aromatic nitrogens is 1. The van der Waals surface area contributed by atoms with Crippen molar-refractivity contribution < 1.29 is 9.35 Å². The summed E-state index contributed by atoms with van der Waals surface area (Å²) in [5.74, 6) is -0.145. The molecule has 24 heavy (non-hydrogen) atoms. The maximum Gasteiger partial charge on any atom is 0.270 e. The van der Waals surface area contributed by atoms with Crippen LogP contribution in [0.1, 0.15) is 28.7 Å². The van der Waals surface area contributed by atoms with Crippen LogP contribution in [0.2, 0.25) is 0 Å². The minimum Gasteiger partial charge on any atom is -0.590 e. The lowest BCUT2D eigenvalue weighted by molar-refractivity contribution is 0.0925. The van der Waals surface area contributed by atoms with Crippen LogP contribution in [-0.2, 0) is 0 Å². The molecule has 0 radical (unpaired) electrons. The summed E-state index contributed by atoms with van der Waals surface area (Å²) in [6.07, 6.45) is 4.65. The quantitative estimate of drug-likeness (QED) is 0.848. The van der Waals surface area contributed by atoms with Gasteiger partial charge in [0.25, 0.3) is 5.91 Å². The summed E-state index contributed by atoms with van der Waals surface area (Å²) in [7, 11) is -0.979. The standard InChI is InChI=1S/C18H21N3O2S/c1-14(20-18(22)16-5-2-3-9-19-16)13-21-10-7-15(8-11-21)17-6-4-12-24(17)23/h2-7,9,12,14H,8,10-11,13H2,1H3,(H,20,22)/t14-,24?/m1/s1. The third kappa shape index (κ3) is 4.08. The number of nitrogens with one attached hydrogen (secondary N) is 1. The number of amides is 1. The van der Waals surface area contributed by atoms with Gasteiger partial charge in [0.2, 0.25) is 0 Å². The highest BCUT2D eigenvalue weighted by Gasteiger charge is 2.20. The van der Waals surface area contributed by atoms with Crippen LogP contribution < -0.4 is 5.32 Å². The van der Waals surface area contributed by atoms with Gasteiger partial charge in [0.15, 0.2) is 4.88 Å². The minimum absolute atomic E-state index is 0.0379. The van der Waals surface area contributed by atoms with Crippen LogP contribution in [0.4, 0.5) is 0 Å². The predicted molar refractivity (Wildman–Crippen MR) is 95.3 cm³/mol. The van der Waals surface area contributed by atoms with Gasteiger partial charge in [0.05, 0.1) is 0 Å². The van der Waals surface area contributed by atoms with Gasteiger partial charge >= 0.3 is 0 Å². The lowest BCUT2D eigenvalue weighted by Gasteiger charge is -2.28. The Morgan fingerprint density at radius 2 is 2.29 bits per heavy atom. The summed E-state index contributed by atoms with van der Waals surface area (Å²) in [5.41, 5.74) is 1.62. The van der Waals surface area contributed by atoms with Crippen LogP contribution in [-0.4, -0.2) is 46.0 Å². The van der Waals surface area contributed by atoms with Crippen LogP contribution in [0, 0.1) is 0 Å². The van der Waals surface area contributed by atoms with E-state index in [1.165, 1.54) is 5.57 Å². The number of hydrogen-bond acceptors (Lipinski definition) is 4. The molecule has 0 bridgehead atoms. The Hall–Kier alpha value is -2.02. The first-order valence-corrected chi connectivity index (χ1v) is 9.27. The SMILES string of the molecule is C[C@H](CN1CC=C(c2ccc[s+]2[O-])CC1)NC(=O)c1ccccn1. The molecule has 126 valence electrons. The molecule has 2 atom stereocenters. The van der Waals surface area contributed by atoms with E-state index in [0.29, 0.717) is 5.69 Å². The largest absolute Gasteiger partial charge is 0.590 e. The molecule has 1 amide bonds. The predicted octanol–water partition coefficient (Wildman–Crippen LogP) is 2.72. The average molecular weight is 343 g/mol. The second kappa shape index (κ2) is 7.70. The highest BCUT2D eigenvalue weighted by Crippen LogP contribution is 2.31. The number of hydrogen-bond donors (Lipinski definition) is 1. The van der Waals surface area contributed by atoms with E-state index >= 15 is 0 Å². The molecule has 0 saturated carbocycles. The fourth-order valence-corrected chi connectivity index (χ4v) is 3.93. The summed E-state index contributed by atoms with van der Waals surface area (Å²) in [6, 6.07) is 9.14. The summed E-state index contributed by atoms with van der Waals surface area (Å²) >= 11 is 0. The molecule has 1 unspecified atom stereocenters. The van der Waals surface area contributed by atoms with Crippen LogP contribution in [0.5, 0.6) is 0 Å². The van der Waals surface area contributed by atoms with Crippen LogP contribution in [0.3, 0.4) is 0 Å². The Morgan fingerprint density at radius 3 is 2.92 bits per heavy atom. The van der Waals surface area contributed by atoms with E-state index in [1.807, 2.05) is 19.1 Å². The summed E-state index contributed by atoms with van der Waals surface area (Å²) in [4.78, 5) is 19.4. The first-order chi connectivity index (χ1) is 11.6. The third-order valence-corrected chi connectivity index (χ3v) is 5.32. The van der Waals surface area contributed by atoms with Crippen molar-refractivity contribution >= 4 is 22.2 Å². The van der Waals surface area contributed by atoms with Gasteiger partial charge in [-0.1, -0.05) is 12.1 Å². The van der Waals surface area contributed by atoms with Gasteiger partial charge in [-0.25, -0.2) is 0 Å². The van der Waals surface area contributed by atoms with Gasteiger partial charge in [-0.3, -0.25) is 14.7 Å². The number of rotatable bonds is 5. The fourth-order valence-electron chi connectivity index (χ4n) is 2.90. The zero-order chi connectivity index (χ0) is 16.9. The second-order valence-electron chi connectivity index (χ2n) is 5.99. The first kappa shape index (κ1) is 16.8. The van der Waals surface area contributed by atoms with Gasteiger partial charge in [-0.05, 0) is 42.3 Å². The number of carbonyl (C=O) groups is 1. The molecule has 6 heteroatoms. The van der Waals surface area contributed by atoms with E-state index in [1.54, 1.807) is 29.8 Å². The van der Waals surface area contributed by atoms with Crippen molar-refractivity contribution in [1.82, 2.24) is 15.2 Å². The molecule has 2 aromatic heterocycles. The van der Waals surface area contributed by atoms with Crippen molar-refractivity contribution in [2.45, 2.75) is 19.4 Å². The Bertz CT molecular complexity index is 727. The van der Waals surface area contributed by atoms with Crippen LogP contribution >= 0.6 is 10.8 Å². The molecular weight excluding hydrogens is 322 g/mol. The fraction of sp³-hybridized carbons (Fsp3) is 0.333. The maximum absolute atomic E-state index is 12.1. The molecule has 3 rings (SSSR count). The molecule has 1 aliphatic heterocycles. The molecule has 0 aromatic carbocycles. The summed E-state index contributed by atoms with van der Waals surface area (Å²) in [5, 5.41) is 4.70. The lowest BCUT2D eigenvalue weighted by Crippen LogP contribution is -2.43. The second-order valence-corrected chi connectivity index (χ2v) is 7.29. The Kier molecular flexibility index (Phi) is 5.40. The number of carbonyl (C=O) groups excluding carboxylic acids is 1. The van der Waals surface area contributed by atoms with E-state index < -0.39 is 10.8 Å². The lowest BCUT2D eigenvalue weighted by atomic mass is 10.1. The van der Waals surface area contributed by atoms with Crippen molar-refractivity contribution in [3.63, 3.8) is 0 Å². The van der Waals surface area contributed by atoms with E-state index in [0.717, 1.165) is 30.9 Å². The van der Waals surface area contributed by atoms with Crippen molar-refractivity contribution in [3.8, 4) is 0 Å². The van der Waals surface area contributed by atoms with Crippen molar-refractivity contribution in [3.05, 3.63) is 58.6 Å². The zero-order valence-electron chi connectivity index (χ0n) is 13.6. The number of nitrogens with zero attached hydrogens (tertiary/aromatic N) is 2. The van der Waals surface area contributed by atoms with Gasteiger partial charge in [-0.2, -0.15) is 0 Å². The monoisotopic (exact) mass is 343 g/mol. The molecular formula is C18H21N3O2S. The van der Waals surface area contributed by atoms with Gasteiger partial charge in [0, 0.05) is 43.5 Å². The average Bonchev–Trinajstić information content (AvgIpc) is 3.02. The molecule has 0 aliphatic carbocycles. The normalized spacial score (nSPS) is 17.2. The molecule has 0 spiro atoms. The van der Waals surface area contributed by atoms with Gasteiger partial charge < -0.3 is 9.87 Å². The maximum atomic E-state index is 12.1. The molecule has 0 fully saturated rings. The van der Waals surface area contributed by atoms with Crippen molar-refractivity contribution in [1.29, 1.82) is 0 Å². The minimum atomic E-state index is -0.979. The summed E-state index contributed by atoms with van der Waals surface area (Å²) < 4.78 is 11.8. The third-order valence-electron chi connectivity index (χ3n) is 4.08. The van der Waals surface area contributed by atoms with E-state index in [2.05, 4.69) is 21.3 Å². The van der Waals surface area contributed by atoms with E-state index in [4.69, 9.17) is 0 Å². The molecule has 0 saturated heterocycles. The highest BCUT2D eigenvalue weighted by molar-refractivity contribution is 7.24. The molecule has 2 aromatic rings.